The summed E-state index contributed by atoms with van der Waals surface area (Å²) in [7, 11) is 1.59. The summed E-state index contributed by atoms with van der Waals surface area (Å²) >= 11 is 0. The number of ether oxygens (including phenoxy) is 1. The minimum absolute atomic E-state index is 0.134. The maximum atomic E-state index is 15.5. The third-order valence-corrected chi connectivity index (χ3v) is 6.33. The summed E-state index contributed by atoms with van der Waals surface area (Å²) in [4.78, 5) is 11.2. The second-order valence-electron chi connectivity index (χ2n) is 7.77. The zero-order chi connectivity index (χ0) is 21.7. The van der Waals surface area contributed by atoms with E-state index in [2.05, 4.69) is 27.7 Å². The van der Waals surface area contributed by atoms with Gasteiger partial charge < -0.3 is 9.84 Å². The lowest BCUT2D eigenvalue weighted by Gasteiger charge is -2.18. The van der Waals surface area contributed by atoms with Crippen molar-refractivity contribution in [3.05, 3.63) is 76.1 Å². The Kier molecular flexibility index (Phi) is 4.73. The van der Waals surface area contributed by atoms with Gasteiger partial charge in [-0.2, -0.15) is 0 Å². The van der Waals surface area contributed by atoms with Gasteiger partial charge in [-0.1, -0.05) is 18.2 Å². The van der Waals surface area contributed by atoms with Crippen LogP contribution in [0.4, 0.5) is 4.39 Å². The molecule has 0 atom stereocenters. The van der Waals surface area contributed by atoms with Gasteiger partial charge in [0.05, 0.1) is 12.7 Å². The van der Waals surface area contributed by atoms with E-state index < -0.39 is 5.97 Å². The molecule has 1 N–H and O–H groups in total. The predicted octanol–water partition coefficient (Wildman–Crippen LogP) is 6.74. The first-order valence-electron chi connectivity index (χ1n) is 9.78. The van der Waals surface area contributed by atoms with Gasteiger partial charge in [-0.3, -0.25) is 0 Å². The Hall–Kier alpha value is -3.40. The van der Waals surface area contributed by atoms with Crippen LogP contribution in [0.3, 0.4) is 0 Å². The molecule has 0 fully saturated rings. The molecule has 0 aliphatic carbocycles. The second kappa shape index (κ2) is 7.13. The molecule has 4 aromatic rings. The van der Waals surface area contributed by atoms with E-state index >= 15 is 4.39 Å². The van der Waals surface area contributed by atoms with Crippen molar-refractivity contribution >= 4 is 27.5 Å². The highest BCUT2D eigenvalue weighted by atomic mass is 19.1. The quantitative estimate of drug-likeness (QED) is 0.413. The zero-order valence-corrected chi connectivity index (χ0v) is 17.7. The topological polar surface area (TPSA) is 46.5 Å². The lowest BCUT2D eigenvalue weighted by Crippen LogP contribution is -1.98. The van der Waals surface area contributed by atoms with Crippen molar-refractivity contribution < 1.29 is 19.0 Å². The van der Waals surface area contributed by atoms with Crippen LogP contribution in [0.1, 0.15) is 32.6 Å². The molecular weight excluding hydrogens is 379 g/mol. The number of aromatic carboxylic acids is 1. The van der Waals surface area contributed by atoms with E-state index in [4.69, 9.17) is 4.74 Å². The average Bonchev–Trinajstić information content (AvgIpc) is 2.75. The van der Waals surface area contributed by atoms with Crippen LogP contribution in [0, 0.1) is 33.5 Å². The van der Waals surface area contributed by atoms with E-state index in [1.807, 2.05) is 12.1 Å². The first-order valence-corrected chi connectivity index (χ1v) is 9.78. The fourth-order valence-corrected chi connectivity index (χ4v) is 4.18. The zero-order valence-electron chi connectivity index (χ0n) is 17.7. The van der Waals surface area contributed by atoms with Gasteiger partial charge in [-0.05, 0) is 90.4 Å². The van der Waals surface area contributed by atoms with Crippen LogP contribution in [0.15, 0.2) is 42.5 Å². The first kappa shape index (κ1) is 19.9. The Morgan fingerprint density at radius 2 is 1.43 bits per heavy atom. The Bertz CT molecular complexity index is 1350. The monoisotopic (exact) mass is 402 g/mol. The fraction of sp³-hybridized carbons (Fsp3) is 0.192. The van der Waals surface area contributed by atoms with E-state index in [-0.39, 0.29) is 11.4 Å². The van der Waals surface area contributed by atoms with Crippen molar-refractivity contribution in [1.82, 2.24) is 0 Å². The molecule has 0 spiro atoms. The average molecular weight is 402 g/mol. The summed E-state index contributed by atoms with van der Waals surface area (Å²) in [5.74, 6) is -0.817. The summed E-state index contributed by atoms with van der Waals surface area (Å²) in [5.41, 5.74) is 6.09. The van der Waals surface area contributed by atoms with Crippen molar-refractivity contribution in [3.63, 3.8) is 0 Å². The molecule has 0 saturated heterocycles. The number of hydrogen-bond donors (Lipinski definition) is 1. The molecule has 30 heavy (non-hydrogen) atoms. The lowest BCUT2D eigenvalue weighted by atomic mass is 9.89. The number of aryl methyl sites for hydroxylation is 2. The minimum Gasteiger partial charge on any atom is -0.496 e. The number of rotatable bonds is 3. The van der Waals surface area contributed by atoms with Gasteiger partial charge in [0.2, 0.25) is 0 Å². The lowest BCUT2D eigenvalue weighted by molar-refractivity contribution is 0.0697. The predicted molar refractivity (Wildman–Crippen MR) is 119 cm³/mol. The van der Waals surface area contributed by atoms with E-state index in [0.29, 0.717) is 27.6 Å². The van der Waals surface area contributed by atoms with Crippen LogP contribution in [0.2, 0.25) is 0 Å². The van der Waals surface area contributed by atoms with Crippen LogP contribution in [0.25, 0.3) is 32.7 Å². The largest absolute Gasteiger partial charge is 0.496 e. The molecule has 0 amide bonds. The van der Waals surface area contributed by atoms with Crippen molar-refractivity contribution in [1.29, 1.82) is 0 Å². The van der Waals surface area contributed by atoms with Gasteiger partial charge in [0, 0.05) is 16.5 Å². The van der Waals surface area contributed by atoms with E-state index in [0.717, 1.165) is 10.8 Å². The molecule has 0 aliphatic rings. The Morgan fingerprint density at radius 1 is 0.800 bits per heavy atom. The number of carbonyl (C=O) groups is 1. The summed E-state index contributed by atoms with van der Waals surface area (Å²) in [6.07, 6.45) is 0. The maximum Gasteiger partial charge on any atom is 0.335 e. The second-order valence-corrected chi connectivity index (χ2v) is 7.77. The van der Waals surface area contributed by atoms with E-state index in [9.17, 15) is 9.90 Å². The summed E-state index contributed by atoms with van der Waals surface area (Å²) < 4.78 is 21.2. The fourth-order valence-electron chi connectivity index (χ4n) is 4.18. The Balaban J connectivity index is 2.03. The van der Waals surface area contributed by atoms with Crippen LogP contribution < -0.4 is 4.74 Å². The minimum atomic E-state index is -1.03. The molecule has 3 nitrogen and oxygen atoms in total. The SMILES string of the molecule is COc1cc2c(C)c(C)c(C)c(C)c2cc1-c1ccc2cc(C(=O)O)ccc2c1F. The van der Waals surface area contributed by atoms with Crippen molar-refractivity contribution in [3.8, 4) is 16.9 Å². The molecule has 0 radical (unpaired) electrons. The first-order chi connectivity index (χ1) is 14.2. The summed E-state index contributed by atoms with van der Waals surface area (Å²) in [6.45, 7) is 8.41. The third-order valence-electron chi connectivity index (χ3n) is 6.33. The van der Waals surface area contributed by atoms with Crippen molar-refractivity contribution in [2.45, 2.75) is 27.7 Å². The number of halogens is 1. The van der Waals surface area contributed by atoms with Crippen molar-refractivity contribution in [2.75, 3.05) is 7.11 Å². The molecule has 4 heteroatoms. The standard InChI is InChI=1S/C26H23FO3/c1-13-14(2)16(4)22-12-24(30-5)23(11-21(22)15(13)3)20-9-6-17-10-18(26(28)29)7-8-19(17)25(20)27/h6-12H,1-5H3,(H,28,29). The van der Waals surface area contributed by atoms with Crippen LogP contribution >= 0.6 is 0 Å². The highest BCUT2D eigenvalue weighted by Gasteiger charge is 2.18. The van der Waals surface area contributed by atoms with E-state index in [1.54, 1.807) is 19.2 Å². The number of fused-ring (bicyclic) bond motifs is 2. The van der Waals surface area contributed by atoms with Gasteiger partial charge in [0.15, 0.2) is 0 Å². The maximum absolute atomic E-state index is 15.5. The van der Waals surface area contributed by atoms with Crippen LogP contribution in [0.5, 0.6) is 5.75 Å². The molecule has 4 rings (SSSR count). The van der Waals surface area contributed by atoms with Gasteiger partial charge in [0.1, 0.15) is 11.6 Å². The molecule has 0 aromatic heterocycles. The molecule has 4 aromatic carbocycles. The van der Waals surface area contributed by atoms with Gasteiger partial charge >= 0.3 is 5.97 Å². The molecular formula is C26H23FO3. The number of methoxy groups -OCH3 is 1. The van der Waals surface area contributed by atoms with Gasteiger partial charge in [-0.15, -0.1) is 0 Å². The Labute approximate surface area is 174 Å². The Morgan fingerprint density at radius 3 is 2.03 bits per heavy atom. The number of benzene rings is 4. The summed E-state index contributed by atoms with van der Waals surface area (Å²) in [6, 6.07) is 11.9. The molecule has 152 valence electrons. The molecule has 0 unspecified atom stereocenters. The van der Waals surface area contributed by atoms with Crippen LogP contribution in [-0.4, -0.2) is 18.2 Å². The third kappa shape index (κ3) is 2.91. The highest BCUT2D eigenvalue weighted by molar-refractivity contribution is 5.99. The van der Waals surface area contributed by atoms with E-state index in [1.165, 1.54) is 40.5 Å². The molecule has 0 bridgehead atoms. The van der Waals surface area contributed by atoms with Gasteiger partial charge in [-0.25, -0.2) is 9.18 Å². The highest BCUT2D eigenvalue weighted by Crippen LogP contribution is 2.40. The molecule has 0 aliphatic heterocycles. The molecule has 0 heterocycles. The van der Waals surface area contributed by atoms with Crippen LogP contribution in [-0.2, 0) is 0 Å². The molecule has 0 saturated carbocycles. The van der Waals surface area contributed by atoms with Crippen molar-refractivity contribution in [2.24, 2.45) is 0 Å². The summed E-state index contributed by atoms with van der Waals surface area (Å²) in [5, 5.41) is 12.3. The van der Waals surface area contributed by atoms with Gasteiger partial charge in [0.25, 0.3) is 0 Å². The number of hydrogen-bond acceptors (Lipinski definition) is 2. The normalized spacial score (nSPS) is 11.3. The number of carboxylic acids is 1. The number of carboxylic acid groups (broad SMARTS) is 1. The smallest absolute Gasteiger partial charge is 0.335 e.